The van der Waals surface area contributed by atoms with E-state index in [2.05, 4.69) is 30.6 Å². The van der Waals surface area contributed by atoms with Gasteiger partial charge in [0.2, 0.25) is 0 Å². The van der Waals surface area contributed by atoms with Crippen molar-refractivity contribution in [1.29, 1.82) is 0 Å². The number of carbonyl (C=O) groups is 1. The SMILES string of the molecule is [C-]#[N+]c1ccc2c(c1)nc(CC)n2CC(=O)O[C@@H]1C[C@H](C)CC[C@H]1C(C)C. The summed E-state index contributed by atoms with van der Waals surface area (Å²) in [6.45, 7) is 16.0. The summed E-state index contributed by atoms with van der Waals surface area (Å²) in [5, 5.41) is 0. The van der Waals surface area contributed by atoms with Crippen LogP contribution < -0.4 is 0 Å². The Kier molecular flexibility index (Phi) is 5.84. The zero-order valence-electron chi connectivity index (χ0n) is 16.7. The summed E-state index contributed by atoms with van der Waals surface area (Å²) in [5.74, 6) is 2.22. The molecule has 0 radical (unpaired) electrons. The van der Waals surface area contributed by atoms with Crippen molar-refractivity contribution in [1.82, 2.24) is 9.55 Å². The van der Waals surface area contributed by atoms with Crippen LogP contribution in [0.2, 0.25) is 0 Å². The first-order valence-corrected chi connectivity index (χ1v) is 9.99. The number of aryl methyl sites for hydroxylation is 1. The van der Waals surface area contributed by atoms with Gasteiger partial charge in [0.15, 0.2) is 5.69 Å². The Bertz CT molecular complexity index is 862. The van der Waals surface area contributed by atoms with Crippen LogP contribution in [0, 0.1) is 24.3 Å². The van der Waals surface area contributed by atoms with Crippen LogP contribution in [0.5, 0.6) is 0 Å². The van der Waals surface area contributed by atoms with Gasteiger partial charge < -0.3 is 9.30 Å². The van der Waals surface area contributed by atoms with E-state index in [0.717, 1.165) is 36.1 Å². The Hall–Kier alpha value is -2.35. The molecule has 1 saturated carbocycles. The molecule has 1 heterocycles. The minimum absolute atomic E-state index is 0.00910. The molecule has 2 aromatic rings. The monoisotopic (exact) mass is 367 g/mol. The maximum Gasteiger partial charge on any atom is 0.326 e. The summed E-state index contributed by atoms with van der Waals surface area (Å²) in [6, 6.07) is 5.43. The summed E-state index contributed by atoms with van der Waals surface area (Å²) >= 11 is 0. The zero-order chi connectivity index (χ0) is 19.6. The summed E-state index contributed by atoms with van der Waals surface area (Å²) in [6.07, 6.45) is 4.03. The maximum absolute atomic E-state index is 12.8. The lowest BCUT2D eigenvalue weighted by molar-refractivity contribution is -0.156. The molecule has 5 nitrogen and oxygen atoms in total. The topological polar surface area (TPSA) is 48.5 Å². The Morgan fingerprint density at radius 3 is 2.85 bits per heavy atom. The molecule has 1 aromatic carbocycles. The number of aromatic nitrogens is 2. The van der Waals surface area contributed by atoms with E-state index in [-0.39, 0.29) is 18.6 Å². The summed E-state index contributed by atoms with van der Waals surface area (Å²) in [7, 11) is 0. The van der Waals surface area contributed by atoms with E-state index in [1.54, 1.807) is 12.1 Å². The highest BCUT2D eigenvalue weighted by Gasteiger charge is 2.33. The molecular formula is C22H29N3O2. The van der Waals surface area contributed by atoms with E-state index in [4.69, 9.17) is 11.3 Å². The fourth-order valence-electron chi connectivity index (χ4n) is 4.27. The number of carbonyl (C=O) groups excluding carboxylic acids is 1. The molecule has 5 heteroatoms. The lowest BCUT2D eigenvalue weighted by Crippen LogP contribution is -2.36. The highest BCUT2D eigenvalue weighted by molar-refractivity contribution is 5.82. The van der Waals surface area contributed by atoms with Gasteiger partial charge in [0.05, 0.1) is 17.6 Å². The molecule has 0 bridgehead atoms. The lowest BCUT2D eigenvalue weighted by atomic mass is 9.75. The minimum atomic E-state index is -0.192. The number of ether oxygens (including phenoxy) is 1. The van der Waals surface area contributed by atoms with E-state index in [1.165, 1.54) is 6.42 Å². The van der Waals surface area contributed by atoms with E-state index >= 15 is 0 Å². The predicted octanol–water partition coefficient (Wildman–Crippen LogP) is 5.15. The van der Waals surface area contributed by atoms with E-state index in [0.29, 0.717) is 23.4 Å². The third kappa shape index (κ3) is 4.16. The normalized spacial score (nSPS) is 22.7. The van der Waals surface area contributed by atoms with E-state index in [9.17, 15) is 4.79 Å². The number of fused-ring (bicyclic) bond motifs is 1. The largest absolute Gasteiger partial charge is 0.461 e. The van der Waals surface area contributed by atoms with Crippen molar-refractivity contribution in [3.63, 3.8) is 0 Å². The maximum atomic E-state index is 12.8. The first kappa shape index (κ1) is 19.4. The third-order valence-electron chi connectivity index (χ3n) is 5.79. The van der Waals surface area contributed by atoms with Gasteiger partial charge in [-0.05, 0) is 42.7 Å². The lowest BCUT2D eigenvalue weighted by Gasteiger charge is -2.36. The quantitative estimate of drug-likeness (QED) is 0.542. The van der Waals surface area contributed by atoms with Crippen LogP contribution in [0.1, 0.15) is 52.8 Å². The number of nitrogens with zero attached hydrogens (tertiary/aromatic N) is 3. The minimum Gasteiger partial charge on any atom is -0.461 e. The number of benzene rings is 1. The number of hydrogen-bond donors (Lipinski definition) is 0. The Labute approximate surface area is 161 Å². The molecule has 1 aliphatic carbocycles. The fraction of sp³-hybridized carbons (Fsp3) is 0.591. The van der Waals surface area contributed by atoms with Gasteiger partial charge in [-0.3, -0.25) is 4.79 Å². The highest BCUT2D eigenvalue weighted by atomic mass is 16.5. The summed E-state index contributed by atoms with van der Waals surface area (Å²) < 4.78 is 7.90. The van der Waals surface area contributed by atoms with Crippen molar-refractivity contribution in [3.05, 3.63) is 35.4 Å². The second-order valence-corrected chi connectivity index (χ2v) is 8.11. The molecular weight excluding hydrogens is 338 g/mol. The molecule has 3 atom stereocenters. The Balaban J connectivity index is 1.80. The smallest absolute Gasteiger partial charge is 0.326 e. The number of imidazole rings is 1. The van der Waals surface area contributed by atoms with Crippen LogP contribution in [0.25, 0.3) is 15.9 Å². The fourth-order valence-corrected chi connectivity index (χ4v) is 4.27. The zero-order valence-corrected chi connectivity index (χ0v) is 16.7. The molecule has 27 heavy (non-hydrogen) atoms. The molecule has 0 aliphatic heterocycles. The van der Waals surface area contributed by atoms with Gasteiger partial charge in [-0.1, -0.05) is 40.2 Å². The molecule has 1 fully saturated rings. The van der Waals surface area contributed by atoms with Crippen LogP contribution in [-0.4, -0.2) is 21.6 Å². The van der Waals surface area contributed by atoms with Gasteiger partial charge in [-0.2, -0.15) is 0 Å². The average molecular weight is 367 g/mol. The molecule has 0 spiro atoms. The molecule has 1 aromatic heterocycles. The standard InChI is InChI=1S/C22H29N3O2/c1-6-21-24-18-12-16(23-5)8-10-19(18)25(21)13-22(26)27-20-11-15(4)7-9-17(20)14(2)3/h8,10,12,14-15,17,20H,6-7,9,11,13H2,1-4H3/t15-,17+,20-/m1/s1. The third-order valence-corrected chi connectivity index (χ3v) is 5.79. The van der Waals surface area contributed by atoms with Gasteiger partial charge in [0.25, 0.3) is 0 Å². The Morgan fingerprint density at radius 2 is 2.19 bits per heavy atom. The van der Waals surface area contributed by atoms with E-state index in [1.807, 2.05) is 17.6 Å². The van der Waals surface area contributed by atoms with Crippen molar-refractivity contribution in [3.8, 4) is 0 Å². The Morgan fingerprint density at radius 1 is 1.41 bits per heavy atom. The summed E-state index contributed by atoms with van der Waals surface area (Å²) in [5.41, 5.74) is 2.21. The van der Waals surface area contributed by atoms with Crippen molar-refractivity contribution in [2.75, 3.05) is 0 Å². The van der Waals surface area contributed by atoms with E-state index < -0.39 is 0 Å². The predicted molar refractivity (Wildman–Crippen MR) is 107 cm³/mol. The van der Waals surface area contributed by atoms with Crippen molar-refractivity contribution in [2.24, 2.45) is 17.8 Å². The van der Waals surface area contributed by atoms with Gasteiger partial charge in [-0.15, -0.1) is 0 Å². The molecule has 0 saturated heterocycles. The van der Waals surface area contributed by atoms with Crippen molar-refractivity contribution < 1.29 is 9.53 Å². The molecule has 0 amide bonds. The van der Waals surface area contributed by atoms with Gasteiger partial charge in [0, 0.05) is 6.42 Å². The van der Waals surface area contributed by atoms with Crippen LogP contribution in [0.15, 0.2) is 18.2 Å². The van der Waals surface area contributed by atoms with Crippen LogP contribution in [0.3, 0.4) is 0 Å². The number of esters is 1. The number of hydrogen-bond acceptors (Lipinski definition) is 3. The van der Waals surface area contributed by atoms with Gasteiger partial charge in [-0.25, -0.2) is 9.83 Å². The first-order valence-electron chi connectivity index (χ1n) is 9.99. The van der Waals surface area contributed by atoms with Crippen LogP contribution >= 0.6 is 0 Å². The van der Waals surface area contributed by atoms with Crippen LogP contribution in [0.4, 0.5) is 5.69 Å². The van der Waals surface area contributed by atoms with Gasteiger partial charge >= 0.3 is 5.97 Å². The molecule has 0 N–H and O–H groups in total. The van der Waals surface area contributed by atoms with Crippen molar-refractivity contribution >= 4 is 22.7 Å². The average Bonchev–Trinajstić information content (AvgIpc) is 2.98. The second kappa shape index (κ2) is 8.12. The van der Waals surface area contributed by atoms with Crippen molar-refractivity contribution in [2.45, 2.75) is 66.0 Å². The number of rotatable bonds is 5. The van der Waals surface area contributed by atoms with Crippen LogP contribution in [-0.2, 0) is 22.5 Å². The first-order chi connectivity index (χ1) is 12.9. The molecule has 3 rings (SSSR count). The highest BCUT2D eigenvalue weighted by Crippen LogP contribution is 2.35. The second-order valence-electron chi connectivity index (χ2n) is 8.11. The summed E-state index contributed by atoms with van der Waals surface area (Å²) in [4.78, 5) is 20.8. The molecule has 144 valence electrons. The molecule has 1 aliphatic rings. The van der Waals surface area contributed by atoms with Gasteiger partial charge in [0.1, 0.15) is 18.5 Å². The molecule has 0 unspecified atom stereocenters.